The molecule has 0 N–H and O–H groups in total. The van der Waals surface area contributed by atoms with E-state index in [4.69, 9.17) is 0 Å². The van der Waals surface area contributed by atoms with Crippen LogP contribution in [-0.4, -0.2) is 0 Å². The van der Waals surface area contributed by atoms with Gasteiger partial charge < -0.3 is 0 Å². The number of hydrogen-bond acceptors (Lipinski definition) is 0. The fourth-order valence-electron chi connectivity index (χ4n) is 3.19. The standard InChI is InChI=1S/C21H18.Zr/c1-21(2,19-11-15-7-3-4-8-16(15)12-19)20-13-17-9-5-6-10-18(17)14-20;/h3-14H,1-2H3;/q-2;+2. The Bertz CT molecular complexity index is 779. The maximum atomic E-state index is 2.33. The van der Waals surface area contributed by atoms with E-state index in [1.54, 1.807) is 0 Å². The van der Waals surface area contributed by atoms with Gasteiger partial charge in [-0.25, -0.2) is 0 Å². The molecule has 0 unspecified atom stereocenters. The number of hydrogen-bond donors (Lipinski definition) is 0. The molecule has 0 amide bonds. The average Bonchev–Trinajstić information content (AvgIpc) is 3.11. The van der Waals surface area contributed by atoms with E-state index >= 15 is 0 Å². The number of fused-ring (bicyclic) bond motifs is 2. The van der Waals surface area contributed by atoms with Crippen molar-refractivity contribution in [3.63, 3.8) is 0 Å². The molecule has 4 aromatic carbocycles. The SMILES string of the molecule is CC(C)(c1cc2ccccc2[cH-]1)c1cc2ccccc2[cH-]1.[Zr+2]. The van der Waals surface area contributed by atoms with Crippen LogP contribution in [0.15, 0.2) is 72.8 Å². The molecule has 0 radical (unpaired) electrons. The smallest absolute Gasteiger partial charge is 0.164 e. The Morgan fingerprint density at radius 2 is 1.09 bits per heavy atom. The van der Waals surface area contributed by atoms with Crippen LogP contribution in [0.3, 0.4) is 0 Å². The summed E-state index contributed by atoms with van der Waals surface area (Å²) in [5.41, 5.74) is 2.80. The van der Waals surface area contributed by atoms with Crippen molar-refractivity contribution in [1.29, 1.82) is 0 Å². The summed E-state index contributed by atoms with van der Waals surface area (Å²) >= 11 is 0. The third kappa shape index (κ3) is 2.42. The van der Waals surface area contributed by atoms with Crippen LogP contribution < -0.4 is 0 Å². The molecule has 0 aliphatic carbocycles. The van der Waals surface area contributed by atoms with Gasteiger partial charge in [0.2, 0.25) is 0 Å². The van der Waals surface area contributed by atoms with Crippen molar-refractivity contribution >= 4 is 21.5 Å². The van der Waals surface area contributed by atoms with Crippen molar-refractivity contribution in [3.05, 3.63) is 83.9 Å². The van der Waals surface area contributed by atoms with Crippen molar-refractivity contribution < 1.29 is 26.2 Å². The predicted molar refractivity (Wildman–Crippen MR) is 91.2 cm³/mol. The van der Waals surface area contributed by atoms with Crippen molar-refractivity contribution in [3.8, 4) is 0 Å². The molecule has 0 heterocycles. The first-order valence-electron chi connectivity index (χ1n) is 7.46. The van der Waals surface area contributed by atoms with Crippen LogP contribution in [0.1, 0.15) is 25.0 Å². The molecule has 22 heavy (non-hydrogen) atoms. The molecular weight excluding hydrogens is 343 g/mol. The van der Waals surface area contributed by atoms with Gasteiger partial charge in [0, 0.05) is 0 Å². The summed E-state index contributed by atoms with van der Waals surface area (Å²) < 4.78 is 0. The zero-order valence-corrected chi connectivity index (χ0v) is 15.4. The van der Waals surface area contributed by atoms with Crippen LogP contribution in [0, 0.1) is 0 Å². The molecule has 4 aromatic rings. The molecule has 0 bridgehead atoms. The van der Waals surface area contributed by atoms with Gasteiger partial charge in [-0.2, -0.15) is 12.1 Å². The van der Waals surface area contributed by atoms with Gasteiger partial charge in [-0.05, 0) is 5.41 Å². The molecule has 0 saturated heterocycles. The maximum Gasteiger partial charge on any atom is 2.00 e. The molecular formula is C21H18Zr. The fourth-order valence-corrected chi connectivity index (χ4v) is 3.19. The van der Waals surface area contributed by atoms with Crippen LogP contribution in [0.2, 0.25) is 0 Å². The van der Waals surface area contributed by atoms with Gasteiger partial charge in [-0.3, -0.25) is 0 Å². The molecule has 0 aliphatic rings. The fraction of sp³-hybridized carbons (Fsp3) is 0.143. The summed E-state index contributed by atoms with van der Waals surface area (Å²) in [6.45, 7) is 4.63. The molecule has 0 spiro atoms. The first-order valence-corrected chi connectivity index (χ1v) is 7.46. The maximum absolute atomic E-state index is 2.33. The monoisotopic (exact) mass is 360 g/mol. The zero-order valence-electron chi connectivity index (χ0n) is 12.9. The van der Waals surface area contributed by atoms with Gasteiger partial charge in [0.05, 0.1) is 0 Å². The third-order valence-electron chi connectivity index (χ3n) is 4.68. The Balaban J connectivity index is 0.00000144. The van der Waals surface area contributed by atoms with E-state index in [0.717, 1.165) is 0 Å². The van der Waals surface area contributed by atoms with E-state index in [1.807, 2.05) is 0 Å². The average molecular weight is 362 g/mol. The first-order chi connectivity index (χ1) is 10.1. The first kappa shape index (κ1) is 15.4. The van der Waals surface area contributed by atoms with E-state index in [0.29, 0.717) is 0 Å². The Labute approximate surface area is 150 Å². The molecule has 106 valence electrons. The minimum absolute atomic E-state index is 0. The van der Waals surface area contributed by atoms with E-state index in [9.17, 15) is 0 Å². The van der Waals surface area contributed by atoms with E-state index in [2.05, 4.69) is 86.6 Å². The summed E-state index contributed by atoms with van der Waals surface area (Å²) in [5.74, 6) is 0. The summed E-state index contributed by atoms with van der Waals surface area (Å²) in [7, 11) is 0. The predicted octanol–water partition coefficient (Wildman–Crippen LogP) is 5.75. The van der Waals surface area contributed by atoms with Gasteiger partial charge in [-0.15, -0.1) is 81.2 Å². The van der Waals surface area contributed by atoms with E-state index in [1.165, 1.54) is 32.7 Å². The van der Waals surface area contributed by atoms with Gasteiger partial charge in [-0.1, -0.05) is 26.0 Å². The number of benzene rings is 2. The second-order valence-corrected chi connectivity index (χ2v) is 6.37. The van der Waals surface area contributed by atoms with Crippen molar-refractivity contribution in [2.24, 2.45) is 0 Å². The Morgan fingerprint density at radius 3 is 1.50 bits per heavy atom. The Hall–Kier alpha value is -1.46. The normalized spacial score (nSPS) is 11.7. The second-order valence-electron chi connectivity index (χ2n) is 6.37. The molecule has 0 atom stereocenters. The summed E-state index contributed by atoms with van der Waals surface area (Å²) in [6, 6.07) is 26.5. The minimum Gasteiger partial charge on any atom is -0.164 e. The van der Waals surface area contributed by atoms with Crippen molar-refractivity contribution in [1.82, 2.24) is 0 Å². The molecule has 0 nitrogen and oxygen atoms in total. The Morgan fingerprint density at radius 1 is 0.682 bits per heavy atom. The van der Waals surface area contributed by atoms with Gasteiger partial charge in [0.1, 0.15) is 0 Å². The topological polar surface area (TPSA) is 0 Å². The van der Waals surface area contributed by atoms with Crippen molar-refractivity contribution in [2.75, 3.05) is 0 Å². The van der Waals surface area contributed by atoms with Crippen LogP contribution in [-0.2, 0) is 31.6 Å². The van der Waals surface area contributed by atoms with Crippen molar-refractivity contribution in [2.45, 2.75) is 19.3 Å². The molecule has 1 heteroatoms. The molecule has 0 aliphatic heterocycles. The van der Waals surface area contributed by atoms with Crippen LogP contribution in [0.4, 0.5) is 0 Å². The van der Waals surface area contributed by atoms with Crippen LogP contribution in [0.25, 0.3) is 21.5 Å². The largest absolute Gasteiger partial charge is 2.00 e. The quantitative estimate of drug-likeness (QED) is 0.399. The van der Waals surface area contributed by atoms with E-state index in [-0.39, 0.29) is 31.6 Å². The molecule has 0 aromatic heterocycles. The van der Waals surface area contributed by atoms with Crippen LogP contribution in [0.5, 0.6) is 0 Å². The summed E-state index contributed by atoms with van der Waals surface area (Å²) in [6.07, 6.45) is 0. The van der Waals surface area contributed by atoms with E-state index < -0.39 is 0 Å². The van der Waals surface area contributed by atoms with Crippen LogP contribution >= 0.6 is 0 Å². The molecule has 4 rings (SSSR count). The Kier molecular flexibility index (Phi) is 3.95. The minimum atomic E-state index is 0. The molecule has 0 fully saturated rings. The second kappa shape index (κ2) is 5.63. The zero-order chi connectivity index (χ0) is 14.4. The third-order valence-corrected chi connectivity index (χ3v) is 4.68. The number of rotatable bonds is 2. The van der Waals surface area contributed by atoms with Gasteiger partial charge in [0.25, 0.3) is 0 Å². The molecule has 0 saturated carbocycles. The summed E-state index contributed by atoms with van der Waals surface area (Å²) in [5, 5.41) is 5.32. The summed E-state index contributed by atoms with van der Waals surface area (Å²) in [4.78, 5) is 0. The van der Waals surface area contributed by atoms with Gasteiger partial charge in [0.15, 0.2) is 0 Å². The van der Waals surface area contributed by atoms with Gasteiger partial charge >= 0.3 is 26.2 Å².